The summed E-state index contributed by atoms with van der Waals surface area (Å²) < 4.78 is 6.00. The maximum absolute atomic E-state index is 12.5. The predicted molar refractivity (Wildman–Crippen MR) is 111 cm³/mol. The highest BCUT2D eigenvalue weighted by atomic mass is 35.5. The average molecular weight is 392 g/mol. The Morgan fingerprint density at radius 1 is 0.929 bits per heavy atom. The molecule has 1 aliphatic heterocycles. The summed E-state index contributed by atoms with van der Waals surface area (Å²) >= 11 is 6.24. The summed E-state index contributed by atoms with van der Waals surface area (Å²) in [7, 11) is 0. The molecule has 4 heteroatoms. The van der Waals surface area contributed by atoms with E-state index in [0.717, 1.165) is 35.4 Å². The minimum atomic E-state index is -0.158. The summed E-state index contributed by atoms with van der Waals surface area (Å²) in [4.78, 5) is 14.5. The number of nitrogens with zero attached hydrogens (tertiary/aromatic N) is 1. The molecule has 0 saturated carbocycles. The summed E-state index contributed by atoms with van der Waals surface area (Å²) in [5.41, 5.74) is 3.17. The van der Waals surface area contributed by atoms with Crippen LogP contribution in [0, 0.1) is 0 Å². The molecule has 1 aliphatic rings. The zero-order valence-electron chi connectivity index (χ0n) is 15.6. The number of likely N-dealkylation sites (tertiary alicyclic amines) is 1. The van der Waals surface area contributed by atoms with Crippen molar-refractivity contribution >= 4 is 17.5 Å². The Bertz CT molecular complexity index is 958. The number of hydrogen-bond acceptors (Lipinski definition) is 2. The minimum Gasteiger partial charge on any atom is -0.489 e. The van der Waals surface area contributed by atoms with Crippen molar-refractivity contribution in [2.45, 2.75) is 25.5 Å². The molecule has 0 radical (unpaired) electrons. The van der Waals surface area contributed by atoms with Crippen molar-refractivity contribution in [2.24, 2.45) is 0 Å². The number of amides is 1. The molecule has 1 amide bonds. The van der Waals surface area contributed by atoms with Gasteiger partial charge in [0.1, 0.15) is 12.4 Å². The van der Waals surface area contributed by atoms with Crippen LogP contribution in [0.25, 0.3) is 0 Å². The smallest absolute Gasteiger partial charge is 0.223 e. The van der Waals surface area contributed by atoms with Gasteiger partial charge in [0, 0.05) is 18.0 Å². The van der Waals surface area contributed by atoms with Crippen molar-refractivity contribution < 1.29 is 9.53 Å². The fourth-order valence-electron chi connectivity index (χ4n) is 3.69. The number of hydrogen-bond donors (Lipinski definition) is 0. The van der Waals surface area contributed by atoms with E-state index in [0.29, 0.717) is 18.1 Å². The van der Waals surface area contributed by atoms with Gasteiger partial charge >= 0.3 is 0 Å². The first-order chi connectivity index (χ1) is 13.7. The zero-order chi connectivity index (χ0) is 19.3. The molecule has 28 heavy (non-hydrogen) atoms. The highest BCUT2D eigenvalue weighted by Gasteiger charge is 2.30. The van der Waals surface area contributed by atoms with E-state index in [9.17, 15) is 4.79 Å². The normalized spacial score (nSPS) is 14.9. The largest absolute Gasteiger partial charge is 0.489 e. The molecule has 1 unspecified atom stereocenters. The van der Waals surface area contributed by atoms with Crippen molar-refractivity contribution in [1.82, 2.24) is 4.90 Å². The molecule has 0 bridgehead atoms. The molecular weight excluding hydrogens is 370 g/mol. The maximum Gasteiger partial charge on any atom is 0.223 e. The van der Waals surface area contributed by atoms with Gasteiger partial charge < -0.3 is 9.64 Å². The van der Waals surface area contributed by atoms with Crippen LogP contribution in [0.15, 0.2) is 78.9 Å². The molecule has 142 valence electrons. The van der Waals surface area contributed by atoms with Crippen LogP contribution >= 0.6 is 11.6 Å². The molecule has 1 saturated heterocycles. The third kappa shape index (κ3) is 4.20. The first-order valence-corrected chi connectivity index (χ1v) is 9.90. The Morgan fingerprint density at radius 3 is 2.39 bits per heavy atom. The number of halogens is 1. The Kier molecular flexibility index (Phi) is 5.63. The third-order valence-electron chi connectivity index (χ3n) is 5.01. The van der Waals surface area contributed by atoms with Gasteiger partial charge in [-0.25, -0.2) is 0 Å². The Labute approximate surface area is 170 Å². The summed E-state index contributed by atoms with van der Waals surface area (Å²) in [6.45, 7) is 1.26. The van der Waals surface area contributed by atoms with Gasteiger partial charge in [-0.15, -0.1) is 0 Å². The van der Waals surface area contributed by atoms with Crippen molar-refractivity contribution in [3.05, 3.63) is 101 Å². The lowest BCUT2D eigenvalue weighted by Crippen LogP contribution is -2.30. The van der Waals surface area contributed by atoms with Crippen LogP contribution < -0.4 is 4.74 Å². The Hall–Kier alpha value is -2.78. The van der Waals surface area contributed by atoms with Crippen LogP contribution in [0.1, 0.15) is 35.6 Å². The second-order valence-electron chi connectivity index (χ2n) is 6.99. The molecule has 1 heterocycles. The van der Waals surface area contributed by atoms with Crippen molar-refractivity contribution in [1.29, 1.82) is 0 Å². The molecule has 3 nitrogen and oxygen atoms in total. The first-order valence-electron chi connectivity index (χ1n) is 9.52. The first kappa shape index (κ1) is 18.6. The number of carbonyl (C=O) groups is 1. The third-order valence-corrected chi connectivity index (χ3v) is 5.24. The number of rotatable bonds is 6. The number of benzene rings is 3. The van der Waals surface area contributed by atoms with Crippen molar-refractivity contribution in [3.8, 4) is 5.75 Å². The summed E-state index contributed by atoms with van der Waals surface area (Å²) in [6, 6.07) is 25.7. The second-order valence-corrected chi connectivity index (χ2v) is 7.43. The minimum absolute atomic E-state index is 0.158. The molecule has 4 rings (SSSR count). The van der Waals surface area contributed by atoms with Crippen LogP contribution in [0.5, 0.6) is 5.75 Å². The van der Waals surface area contributed by atoms with Crippen molar-refractivity contribution in [3.63, 3.8) is 0 Å². The highest BCUT2D eigenvalue weighted by molar-refractivity contribution is 6.30. The highest BCUT2D eigenvalue weighted by Crippen LogP contribution is 2.34. The van der Waals surface area contributed by atoms with Gasteiger partial charge in [-0.3, -0.25) is 4.79 Å². The summed E-state index contributed by atoms with van der Waals surface area (Å²) in [5.74, 6) is 0.973. The zero-order valence-corrected chi connectivity index (χ0v) is 16.3. The maximum atomic E-state index is 12.5. The molecule has 3 aromatic carbocycles. The summed E-state index contributed by atoms with van der Waals surface area (Å²) in [5, 5.41) is 0.672. The lowest BCUT2D eigenvalue weighted by Gasteiger charge is -2.29. The van der Waals surface area contributed by atoms with Gasteiger partial charge in [0.25, 0.3) is 0 Å². The Balaban J connectivity index is 1.63. The van der Waals surface area contributed by atoms with E-state index in [1.165, 1.54) is 0 Å². The molecule has 0 aromatic heterocycles. The lowest BCUT2D eigenvalue weighted by atomic mass is 9.97. The van der Waals surface area contributed by atoms with Crippen LogP contribution in [0.3, 0.4) is 0 Å². The number of ether oxygens (including phenoxy) is 1. The predicted octanol–water partition coefficient (Wildman–Crippen LogP) is 5.63. The van der Waals surface area contributed by atoms with Crippen LogP contribution in [-0.4, -0.2) is 17.4 Å². The second kappa shape index (κ2) is 8.49. The van der Waals surface area contributed by atoms with Gasteiger partial charge in [0.15, 0.2) is 0 Å². The molecular formula is C24H22ClNO2. The molecule has 0 aliphatic carbocycles. The molecule has 1 atom stereocenters. The van der Waals surface area contributed by atoms with E-state index >= 15 is 0 Å². The van der Waals surface area contributed by atoms with Gasteiger partial charge in [-0.2, -0.15) is 0 Å². The number of carbonyl (C=O) groups excluding carboxylic acids is 1. The van der Waals surface area contributed by atoms with E-state index in [2.05, 4.69) is 0 Å². The monoisotopic (exact) mass is 391 g/mol. The standard InChI is InChI=1S/C24H22ClNO2/c25-21-11-4-9-19(15-21)24(26-14-6-13-23(26)27)20-10-5-12-22(16-20)28-17-18-7-2-1-3-8-18/h1-5,7-12,15-16,24H,6,13-14,17H2. The lowest BCUT2D eigenvalue weighted by molar-refractivity contribution is -0.129. The van der Waals surface area contributed by atoms with E-state index in [-0.39, 0.29) is 11.9 Å². The Morgan fingerprint density at radius 2 is 1.68 bits per heavy atom. The quantitative estimate of drug-likeness (QED) is 0.545. The van der Waals surface area contributed by atoms with Crippen molar-refractivity contribution in [2.75, 3.05) is 6.54 Å². The van der Waals surface area contributed by atoms with Gasteiger partial charge in [0.05, 0.1) is 6.04 Å². The van der Waals surface area contributed by atoms with Gasteiger partial charge in [-0.05, 0) is 47.4 Å². The van der Waals surface area contributed by atoms with Crippen LogP contribution in [0.4, 0.5) is 0 Å². The van der Waals surface area contributed by atoms with Crippen LogP contribution in [-0.2, 0) is 11.4 Å². The van der Waals surface area contributed by atoms with E-state index < -0.39 is 0 Å². The molecule has 0 spiro atoms. The molecule has 1 fully saturated rings. The van der Waals surface area contributed by atoms with Gasteiger partial charge in [-0.1, -0.05) is 66.2 Å². The SMILES string of the molecule is O=C1CCCN1C(c1cccc(Cl)c1)c1cccc(OCc2ccccc2)c1. The topological polar surface area (TPSA) is 29.5 Å². The fourth-order valence-corrected chi connectivity index (χ4v) is 3.89. The van der Waals surface area contributed by atoms with E-state index in [1.54, 1.807) is 0 Å². The fraction of sp³-hybridized carbons (Fsp3) is 0.208. The summed E-state index contributed by atoms with van der Waals surface area (Å²) in [6.07, 6.45) is 1.49. The average Bonchev–Trinajstić information content (AvgIpc) is 3.13. The van der Waals surface area contributed by atoms with E-state index in [1.807, 2.05) is 83.8 Å². The van der Waals surface area contributed by atoms with Gasteiger partial charge in [0.2, 0.25) is 5.91 Å². The molecule has 3 aromatic rings. The van der Waals surface area contributed by atoms with Crippen LogP contribution in [0.2, 0.25) is 5.02 Å². The van der Waals surface area contributed by atoms with E-state index in [4.69, 9.17) is 16.3 Å². The molecule has 0 N–H and O–H groups in total.